The molecule has 0 aliphatic carbocycles. The molecule has 0 spiro atoms. The molecule has 2 atom stereocenters. The number of amides is 1. The first-order chi connectivity index (χ1) is 12.0. The minimum absolute atomic E-state index is 0.106. The summed E-state index contributed by atoms with van der Waals surface area (Å²) in [5, 5.41) is 13.0. The fourth-order valence-corrected chi connectivity index (χ4v) is 2.50. The summed E-state index contributed by atoms with van der Waals surface area (Å²) in [6.07, 6.45) is -0.749. The highest BCUT2D eigenvalue weighted by Crippen LogP contribution is 2.17. The number of nitrogens with one attached hydrogen (secondary N) is 1. The molecule has 2 aromatic rings. The number of carbonyl (C=O) groups excluding carboxylic acids is 1. The number of aliphatic hydroxyl groups is 1. The number of aliphatic hydroxyl groups excluding tert-OH is 1. The SMILES string of the molecule is COc1ccc([C@H](O)CNC(=O)[C@H](C)N(C)Cc2ccccc2)cc1. The van der Waals surface area contributed by atoms with E-state index in [-0.39, 0.29) is 18.5 Å². The van der Waals surface area contributed by atoms with Crippen LogP contribution in [0.1, 0.15) is 24.2 Å². The fourth-order valence-electron chi connectivity index (χ4n) is 2.50. The quantitative estimate of drug-likeness (QED) is 0.773. The van der Waals surface area contributed by atoms with E-state index >= 15 is 0 Å². The van der Waals surface area contributed by atoms with Gasteiger partial charge in [-0.25, -0.2) is 0 Å². The molecule has 25 heavy (non-hydrogen) atoms. The predicted octanol–water partition coefficient (Wildman–Crippen LogP) is 2.37. The molecule has 0 fully saturated rings. The maximum absolute atomic E-state index is 12.3. The summed E-state index contributed by atoms with van der Waals surface area (Å²) in [4.78, 5) is 14.3. The Morgan fingerprint density at radius 3 is 2.40 bits per heavy atom. The second kappa shape index (κ2) is 9.20. The molecule has 0 aliphatic heterocycles. The summed E-state index contributed by atoms with van der Waals surface area (Å²) in [5.41, 5.74) is 1.90. The van der Waals surface area contributed by atoms with Crippen molar-refractivity contribution in [2.45, 2.75) is 25.6 Å². The molecule has 0 unspecified atom stereocenters. The van der Waals surface area contributed by atoms with Gasteiger partial charge < -0.3 is 15.2 Å². The van der Waals surface area contributed by atoms with Crippen molar-refractivity contribution in [3.63, 3.8) is 0 Å². The van der Waals surface area contributed by atoms with Crippen molar-refractivity contribution < 1.29 is 14.6 Å². The lowest BCUT2D eigenvalue weighted by Gasteiger charge is -2.24. The summed E-state index contributed by atoms with van der Waals surface area (Å²) >= 11 is 0. The van der Waals surface area contributed by atoms with Gasteiger partial charge in [-0.3, -0.25) is 9.69 Å². The van der Waals surface area contributed by atoms with Crippen molar-refractivity contribution in [2.75, 3.05) is 20.7 Å². The van der Waals surface area contributed by atoms with Gasteiger partial charge in [0.25, 0.3) is 0 Å². The van der Waals surface area contributed by atoms with Crippen LogP contribution in [0, 0.1) is 0 Å². The number of methoxy groups -OCH3 is 1. The molecule has 1 amide bonds. The molecule has 0 heterocycles. The highest BCUT2D eigenvalue weighted by molar-refractivity contribution is 5.81. The second-order valence-electron chi connectivity index (χ2n) is 6.11. The van der Waals surface area contributed by atoms with Crippen LogP contribution in [-0.4, -0.2) is 42.7 Å². The average molecular weight is 342 g/mol. The lowest BCUT2D eigenvalue weighted by molar-refractivity contribution is -0.126. The molecule has 0 radical (unpaired) electrons. The molecule has 2 N–H and O–H groups in total. The topological polar surface area (TPSA) is 61.8 Å². The van der Waals surface area contributed by atoms with E-state index in [4.69, 9.17) is 4.74 Å². The molecular weight excluding hydrogens is 316 g/mol. The zero-order valence-corrected chi connectivity index (χ0v) is 15.0. The molecular formula is C20H26N2O3. The van der Waals surface area contributed by atoms with E-state index in [1.54, 1.807) is 31.4 Å². The Labute approximate surface area is 149 Å². The van der Waals surface area contributed by atoms with E-state index in [2.05, 4.69) is 5.32 Å². The van der Waals surface area contributed by atoms with Gasteiger partial charge in [-0.1, -0.05) is 42.5 Å². The van der Waals surface area contributed by atoms with E-state index in [0.29, 0.717) is 6.54 Å². The summed E-state index contributed by atoms with van der Waals surface area (Å²) in [7, 11) is 3.51. The number of likely N-dealkylation sites (N-methyl/N-ethyl adjacent to an activating group) is 1. The number of ether oxygens (including phenoxy) is 1. The number of rotatable bonds is 8. The van der Waals surface area contributed by atoms with E-state index in [1.165, 1.54) is 0 Å². The third-order valence-corrected chi connectivity index (χ3v) is 4.29. The molecule has 0 aromatic heterocycles. The summed E-state index contributed by atoms with van der Waals surface area (Å²) < 4.78 is 5.10. The van der Waals surface area contributed by atoms with Crippen molar-refractivity contribution in [3.8, 4) is 5.75 Å². The van der Waals surface area contributed by atoms with Crippen LogP contribution in [0.25, 0.3) is 0 Å². The Morgan fingerprint density at radius 1 is 1.16 bits per heavy atom. The summed E-state index contributed by atoms with van der Waals surface area (Å²) in [5.74, 6) is 0.627. The van der Waals surface area contributed by atoms with Crippen molar-refractivity contribution in [1.29, 1.82) is 0 Å². The van der Waals surface area contributed by atoms with Crippen LogP contribution in [-0.2, 0) is 11.3 Å². The van der Waals surface area contributed by atoms with Gasteiger partial charge in [0.1, 0.15) is 5.75 Å². The van der Waals surface area contributed by atoms with Gasteiger partial charge >= 0.3 is 0 Å². The first-order valence-electron chi connectivity index (χ1n) is 8.35. The van der Waals surface area contributed by atoms with Gasteiger partial charge in [-0.15, -0.1) is 0 Å². The van der Waals surface area contributed by atoms with Crippen molar-refractivity contribution in [2.24, 2.45) is 0 Å². The lowest BCUT2D eigenvalue weighted by Crippen LogP contribution is -2.44. The summed E-state index contributed by atoms with van der Waals surface area (Å²) in [6, 6.07) is 16.9. The molecule has 0 bridgehead atoms. The minimum Gasteiger partial charge on any atom is -0.497 e. The van der Waals surface area contributed by atoms with Crippen LogP contribution >= 0.6 is 0 Å². The van der Waals surface area contributed by atoms with E-state index in [9.17, 15) is 9.90 Å². The Morgan fingerprint density at radius 2 is 1.80 bits per heavy atom. The number of hydrogen-bond acceptors (Lipinski definition) is 4. The molecule has 2 aromatic carbocycles. The zero-order valence-electron chi connectivity index (χ0n) is 15.0. The van der Waals surface area contributed by atoms with Crippen LogP contribution in [0.4, 0.5) is 0 Å². The average Bonchev–Trinajstić information content (AvgIpc) is 2.66. The third kappa shape index (κ3) is 5.59. The van der Waals surface area contributed by atoms with E-state index in [1.807, 2.05) is 49.2 Å². The molecule has 0 saturated carbocycles. The smallest absolute Gasteiger partial charge is 0.237 e. The maximum atomic E-state index is 12.3. The van der Waals surface area contributed by atoms with Gasteiger partial charge in [0.2, 0.25) is 5.91 Å². The number of carbonyl (C=O) groups is 1. The van der Waals surface area contributed by atoms with Crippen molar-refractivity contribution >= 4 is 5.91 Å². The molecule has 5 heteroatoms. The van der Waals surface area contributed by atoms with Crippen molar-refractivity contribution in [3.05, 3.63) is 65.7 Å². The van der Waals surface area contributed by atoms with Gasteiger partial charge in [0.15, 0.2) is 0 Å². The Kier molecular flexibility index (Phi) is 6.98. The largest absolute Gasteiger partial charge is 0.497 e. The molecule has 0 aliphatic rings. The van der Waals surface area contributed by atoms with Crippen LogP contribution in [0.3, 0.4) is 0 Å². The zero-order chi connectivity index (χ0) is 18.2. The maximum Gasteiger partial charge on any atom is 0.237 e. The Bertz CT molecular complexity index is 658. The van der Waals surface area contributed by atoms with Crippen LogP contribution in [0.5, 0.6) is 5.75 Å². The number of nitrogens with zero attached hydrogens (tertiary/aromatic N) is 1. The molecule has 2 rings (SSSR count). The fraction of sp³-hybridized carbons (Fsp3) is 0.350. The van der Waals surface area contributed by atoms with Gasteiger partial charge in [0.05, 0.1) is 19.3 Å². The molecule has 0 saturated heterocycles. The lowest BCUT2D eigenvalue weighted by atomic mass is 10.1. The predicted molar refractivity (Wildman–Crippen MR) is 98.3 cm³/mol. The van der Waals surface area contributed by atoms with Crippen LogP contribution < -0.4 is 10.1 Å². The standard InChI is InChI=1S/C20H26N2O3/c1-15(22(2)14-16-7-5-4-6-8-16)20(24)21-13-19(23)17-9-11-18(25-3)12-10-17/h4-12,15,19,23H,13-14H2,1-3H3,(H,21,24)/t15-,19+/m0/s1. The van der Waals surface area contributed by atoms with E-state index in [0.717, 1.165) is 16.9 Å². The molecule has 134 valence electrons. The van der Waals surface area contributed by atoms with Gasteiger partial charge in [-0.05, 0) is 37.2 Å². The highest BCUT2D eigenvalue weighted by Gasteiger charge is 2.19. The van der Waals surface area contributed by atoms with Crippen LogP contribution in [0.2, 0.25) is 0 Å². The summed E-state index contributed by atoms with van der Waals surface area (Å²) in [6.45, 7) is 2.73. The van der Waals surface area contributed by atoms with Gasteiger partial charge in [0, 0.05) is 13.1 Å². The van der Waals surface area contributed by atoms with Gasteiger partial charge in [-0.2, -0.15) is 0 Å². The first kappa shape index (κ1) is 19.0. The Hall–Kier alpha value is -2.37. The van der Waals surface area contributed by atoms with Crippen LogP contribution in [0.15, 0.2) is 54.6 Å². The number of hydrogen-bond donors (Lipinski definition) is 2. The first-order valence-corrected chi connectivity index (χ1v) is 8.35. The minimum atomic E-state index is -0.749. The Balaban J connectivity index is 1.83. The third-order valence-electron chi connectivity index (χ3n) is 4.29. The normalized spacial score (nSPS) is 13.3. The molecule has 5 nitrogen and oxygen atoms in total. The number of benzene rings is 2. The van der Waals surface area contributed by atoms with Crippen molar-refractivity contribution in [1.82, 2.24) is 10.2 Å². The van der Waals surface area contributed by atoms with E-state index < -0.39 is 6.10 Å². The highest BCUT2D eigenvalue weighted by atomic mass is 16.5. The second-order valence-corrected chi connectivity index (χ2v) is 6.11. The monoisotopic (exact) mass is 342 g/mol.